The van der Waals surface area contributed by atoms with Crippen LogP contribution in [0.3, 0.4) is 0 Å². The Morgan fingerprint density at radius 2 is 1.71 bits per heavy atom. The number of phenols is 1. The van der Waals surface area contributed by atoms with Crippen LogP contribution < -0.4 is 5.32 Å². The van der Waals surface area contributed by atoms with Crippen molar-refractivity contribution >= 4 is 40.7 Å². The molecule has 5 rings (SSSR count). The van der Waals surface area contributed by atoms with Crippen molar-refractivity contribution in [1.29, 1.82) is 0 Å². The first kappa shape index (κ1) is 32.2. The molecule has 4 heterocycles. The number of halogens is 8. The van der Waals surface area contributed by atoms with Crippen LogP contribution in [0.5, 0.6) is 5.75 Å². The number of aromatic nitrogens is 3. The zero-order valence-electron chi connectivity index (χ0n) is 22.8. The molecule has 0 bridgehead atoms. The molecule has 18 heteroatoms. The number of rotatable bonds is 5. The second-order valence-corrected chi connectivity index (χ2v) is 11.1. The van der Waals surface area contributed by atoms with E-state index in [1.807, 2.05) is 0 Å². The van der Waals surface area contributed by atoms with Crippen LogP contribution in [0.15, 0.2) is 48.0 Å². The molecule has 3 N–H and O–H groups in total. The number of hydrogen-bond donors (Lipinski definition) is 3. The quantitative estimate of drug-likeness (QED) is 0.217. The summed E-state index contributed by atoms with van der Waals surface area (Å²) in [5.41, 5.74) is -4.65. The number of hydrogen-bond acceptors (Lipinski definition) is 8. The molecule has 1 unspecified atom stereocenters. The molecule has 10 nitrogen and oxygen atoms in total. The highest BCUT2D eigenvalue weighted by atomic mass is 35.5. The molecule has 1 atom stereocenters. The van der Waals surface area contributed by atoms with Gasteiger partial charge in [0, 0.05) is 23.9 Å². The summed E-state index contributed by atoms with van der Waals surface area (Å²) in [6, 6.07) is 3.72. The predicted octanol–water partition coefficient (Wildman–Crippen LogP) is 6.15. The molecule has 238 valence electrons. The topological polar surface area (TPSA) is 132 Å². The van der Waals surface area contributed by atoms with Crippen molar-refractivity contribution in [3.05, 3.63) is 75.1 Å². The van der Waals surface area contributed by atoms with Gasteiger partial charge in [0.15, 0.2) is 0 Å². The van der Waals surface area contributed by atoms with Gasteiger partial charge in [-0.3, -0.25) is 19.6 Å². The predicted molar refractivity (Wildman–Crippen MR) is 147 cm³/mol. The summed E-state index contributed by atoms with van der Waals surface area (Å²) in [6.45, 7) is 1.57. The number of anilines is 1. The molecule has 0 aliphatic carbocycles. The number of aliphatic hydroxyl groups excluding tert-OH is 1. The number of amides is 2. The van der Waals surface area contributed by atoms with Crippen molar-refractivity contribution in [1.82, 2.24) is 25.0 Å². The fraction of sp³-hybridized carbons (Fsp3) is 0.296. The van der Waals surface area contributed by atoms with Gasteiger partial charge in [0.05, 0.1) is 39.7 Å². The number of phenolic OH excluding ortho intramolecular Hbond substituents is 1. The van der Waals surface area contributed by atoms with Crippen LogP contribution in [-0.2, 0) is 28.5 Å². The van der Waals surface area contributed by atoms with Gasteiger partial charge < -0.3 is 15.5 Å². The van der Waals surface area contributed by atoms with Gasteiger partial charge in [-0.15, -0.1) is 0 Å². The first-order valence-electron chi connectivity index (χ1n) is 12.9. The fourth-order valence-electron chi connectivity index (χ4n) is 5.15. The maximum Gasteiger partial charge on any atom is 0.451 e. The lowest BCUT2D eigenvalue weighted by atomic mass is 9.90. The molecule has 0 spiro atoms. The number of hydrazine groups is 1. The zero-order chi connectivity index (χ0) is 33.1. The third kappa shape index (κ3) is 5.96. The molecule has 3 aromatic rings. The smallest absolute Gasteiger partial charge is 0.451 e. The number of benzene rings is 1. The Balaban J connectivity index is 1.55. The summed E-state index contributed by atoms with van der Waals surface area (Å²) in [5.74, 6) is -4.79. The van der Waals surface area contributed by atoms with Crippen LogP contribution in [0.4, 0.5) is 32.0 Å². The molecule has 2 aliphatic heterocycles. The SMILES string of the molecule is CC12CCCN1N(Cc1c(Cl)cc(O)cc1Cl)C(=O)C(C(=O)Nc1cnc(C(F)(F)F)nc1-c1ccc(C(F)(F)F)nc1)=C2O. The Labute approximate surface area is 259 Å². The van der Waals surface area contributed by atoms with Crippen LogP contribution in [0.1, 0.15) is 36.8 Å². The first-order chi connectivity index (χ1) is 20.9. The van der Waals surface area contributed by atoms with Crippen LogP contribution in [0.25, 0.3) is 11.3 Å². The van der Waals surface area contributed by atoms with E-state index in [-0.39, 0.29) is 40.0 Å². The summed E-state index contributed by atoms with van der Waals surface area (Å²) < 4.78 is 79.5. The minimum Gasteiger partial charge on any atom is -0.509 e. The lowest BCUT2D eigenvalue weighted by Crippen LogP contribution is -2.60. The normalized spacial score (nSPS) is 19.2. The average Bonchev–Trinajstić information content (AvgIpc) is 3.34. The van der Waals surface area contributed by atoms with Gasteiger partial charge in [-0.25, -0.2) is 15.0 Å². The number of nitrogens with zero attached hydrogens (tertiary/aromatic N) is 5. The van der Waals surface area contributed by atoms with E-state index in [2.05, 4.69) is 20.3 Å². The number of carbonyl (C=O) groups is 2. The fourth-order valence-corrected chi connectivity index (χ4v) is 5.75. The number of fused-ring (bicyclic) bond motifs is 1. The van der Waals surface area contributed by atoms with Gasteiger partial charge in [0.25, 0.3) is 11.8 Å². The highest BCUT2D eigenvalue weighted by Gasteiger charge is 2.53. The lowest BCUT2D eigenvalue weighted by Gasteiger charge is -2.46. The number of alkyl halides is 6. The Hall–Kier alpha value is -4.15. The highest BCUT2D eigenvalue weighted by molar-refractivity contribution is 6.36. The van der Waals surface area contributed by atoms with E-state index in [1.54, 1.807) is 6.92 Å². The second-order valence-electron chi connectivity index (χ2n) is 10.3. The molecular formula is C27H20Cl2F6N6O4. The van der Waals surface area contributed by atoms with E-state index >= 15 is 0 Å². The Morgan fingerprint density at radius 1 is 1.04 bits per heavy atom. The minimum absolute atomic E-state index is 0.00942. The van der Waals surface area contributed by atoms with E-state index in [9.17, 15) is 46.1 Å². The van der Waals surface area contributed by atoms with Gasteiger partial charge in [0.2, 0.25) is 5.82 Å². The maximum atomic E-state index is 13.8. The third-order valence-corrected chi connectivity index (χ3v) is 8.04. The summed E-state index contributed by atoms with van der Waals surface area (Å²) in [7, 11) is 0. The van der Waals surface area contributed by atoms with E-state index < -0.39 is 63.9 Å². The number of aliphatic hydroxyl groups is 1. The average molecular weight is 677 g/mol. The molecule has 2 aromatic heterocycles. The largest absolute Gasteiger partial charge is 0.509 e. The lowest BCUT2D eigenvalue weighted by molar-refractivity contribution is -0.160. The summed E-state index contributed by atoms with van der Waals surface area (Å²) >= 11 is 12.5. The summed E-state index contributed by atoms with van der Waals surface area (Å²) in [5, 5.41) is 25.9. The summed E-state index contributed by atoms with van der Waals surface area (Å²) in [4.78, 5) is 37.3. The van der Waals surface area contributed by atoms with E-state index in [0.717, 1.165) is 11.1 Å². The minimum atomic E-state index is -5.06. The van der Waals surface area contributed by atoms with Crippen molar-refractivity contribution in [2.45, 2.75) is 44.2 Å². The van der Waals surface area contributed by atoms with E-state index in [0.29, 0.717) is 31.3 Å². The molecule has 0 saturated carbocycles. The zero-order valence-corrected chi connectivity index (χ0v) is 24.3. The Morgan fingerprint density at radius 3 is 2.29 bits per heavy atom. The highest BCUT2D eigenvalue weighted by Crippen LogP contribution is 2.43. The number of pyridine rings is 1. The molecule has 0 radical (unpaired) electrons. The van der Waals surface area contributed by atoms with E-state index in [4.69, 9.17) is 23.2 Å². The Bertz CT molecular complexity index is 1710. The number of nitrogens with one attached hydrogen (secondary N) is 1. The van der Waals surface area contributed by atoms with Crippen LogP contribution >= 0.6 is 23.2 Å². The van der Waals surface area contributed by atoms with Gasteiger partial charge in [-0.1, -0.05) is 23.2 Å². The van der Waals surface area contributed by atoms with Crippen molar-refractivity contribution < 1.29 is 46.1 Å². The van der Waals surface area contributed by atoms with Crippen molar-refractivity contribution in [3.8, 4) is 17.0 Å². The standard InChI is InChI=1S/C27H20Cl2F6N6O4/c1-25-5-2-6-41(25)40(11-14-15(28)7-13(42)8-16(14)29)23(45)19(21(25)43)22(44)38-17-10-37-24(27(33,34)35)39-20(17)12-3-4-18(36-9-12)26(30,31)32/h3-4,7-10,42-43H,2,5-6,11H2,1H3,(H,38,44). The molecule has 1 aromatic carbocycles. The van der Waals surface area contributed by atoms with Crippen LogP contribution in [0, 0.1) is 0 Å². The molecular weight excluding hydrogens is 657 g/mol. The first-order valence-corrected chi connectivity index (χ1v) is 13.7. The van der Waals surface area contributed by atoms with Crippen molar-refractivity contribution in [2.24, 2.45) is 0 Å². The summed E-state index contributed by atoms with van der Waals surface area (Å²) in [6.07, 6.45) is -7.92. The van der Waals surface area contributed by atoms with Gasteiger partial charge >= 0.3 is 12.4 Å². The van der Waals surface area contributed by atoms with Crippen molar-refractivity contribution in [3.63, 3.8) is 0 Å². The second kappa shape index (κ2) is 11.3. The molecule has 2 aliphatic rings. The van der Waals surface area contributed by atoms with Gasteiger partial charge in [-0.05, 0) is 44.0 Å². The number of carbonyl (C=O) groups excluding carboxylic acids is 2. The molecule has 45 heavy (non-hydrogen) atoms. The van der Waals surface area contributed by atoms with Crippen LogP contribution in [0.2, 0.25) is 10.0 Å². The molecule has 2 amide bonds. The monoisotopic (exact) mass is 676 g/mol. The molecule has 1 fully saturated rings. The maximum absolute atomic E-state index is 13.8. The van der Waals surface area contributed by atoms with Crippen LogP contribution in [-0.4, -0.2) is 59.1 Å². The van der Waals surface area contributed by atoms with E-state index in [1.165, 1.54) is 17.1 Å². The molecule has 1 saturated heterocycles. The third-order valence-electron chi connectivity index (χ3n) is 7.37. The van der Waals surface area contributed by atoms with Gasteiger partial charge in [-0.2, -0.15) is 26.3 Å². The number of aromatic hydroxyl groups is 1. The Kier molecular flexibility index (Phi) is 8.12. The van der Waals surface area contributed by atoms with Crippen molar-refractivity contribution in [2.75, 3.05) is 11.9 Å². The van der Waals surface area contributed by atoms with Gasteiger partial charge in [0.1, 0.15) is 22.8 Å².